The number of hydrogen-bond donors (Lipinski definition) is 1. The van der Waals surface area contributed by atoms with Crippen molar-refractivity contribution in [3.63, 3.8) is 0 Å². The van der Waals surface area contributed by atoms with Crippen LogP contribution in [0, 0.1) is 0 Å². The van der Waals surface area contributed by atoms with E-state index >= 15 is 0 Å². The third-order valence-corrected chi connectivity index (χ3v) is 4.57. The van der Waals surface area contributed by atoms with Crippen LogP contribution in [-0.2, 0) is 4.74 Å². The zero-order valence-electron chi connectivity index (χ0n) is 11.0. The van der Waals surface area contributed by atoms with E-state index in [9.17, 15) is 0 Å². The van der Waals surface area contributed by atoms with Gasteiger partial charge in [0.15, 0.2) is 0 Å². The minimum atomic E-state index is 0.150. The first-order valence-corrected chi connectivity index (χ1v) is 7.63. The highest BCUT2D eigenvalue weighted by Gasteiger charge is 2.24. The number of anilines is 1. The average molecular weight is 285 g/mol. The predicted molar refractivity (Wildman–Crippen MR) is 81.3 cm³/mol. The fourth-order valence-corrected chi connectivity index (χ4v) is 3.34. The summed E-state index contributed by atoms with van der Waals surface area (Å²) >= 11 is 1.75. The zero-order valence-corrected chi connectivity index (χ0v) is 11.8. The smallest absolute Gasteiger partial charge is 0.204 e. The summed E-state index contributed by atoms with van der Waals surface area (Å²) in [5, 5.41) is 2.10. The lowest BCUT2D eigenvalue weighted by molar-refractivity contribution is 0.0416. The van der Waals surface area contributed by atoms with E-state index in [4.69, 9.17) is 4.74 Å². The van der Waals surface area contributed by atoms with Crippen LogP contribution in [0.5, 0.6) is 0 Å². The average Bonchev–Trinajstić information content (AvgIpc) is 3.16. The molecule has 1 fully saturated rings. The van der Waals surface area contributed by atoms with Gasteiger partial charge in [0.1, 0.15) is 6.10 Å². The molecule has 0 radical (unpaired) electrons. The van der Waals surface area contributed by atoms with Gasteiger partial charge in [-0.2, -0.15) is 0 Å². The second kappa shape index (κ2) is 4.92. The van der Waals surface area contributed by atoms with Crippen LogP contribution in [-0.4, -0.2) is 29.7 Å². The van der Waals surface area contributed by atoms with Gasteiger partial charge in [-0.05, 0) is 23.6 Å². The van der Waals surface area contributed by atoms with Gasteiger partial charge in [0.05, 0.1) is 24.2 Å². The molecule has 0 aliphatic carbocycles. The Hall–Kier alpha value is -1.85. The highest BCUT2D eigenvalue weighted by atomic mass is 32.1. The van der Waals surface area contributed by atoms with Crippen molar-refractivity contribution in [2.75, 3.05) is 24.6 Å². The molecule has 0 saturated carbocycles. The Labute approximate surface area is 121 Å². The summed E-state index contributed by atoms with van der Waals surface area (Å²) in [5.41, 5.74) is 2.10. The molecule has 1 N–H and O–H groups in total. The van der Waals surface area contributed by atoms with Gasteiger partial charge >= 0.3 is 0 Å². The van der Waals surface area contributed by atoms with E-state index in [1.807, 2.05) is 18.2 Å². The number of ether oxygens (including phenoxy) is 1. The summed E-state index contributed by atoms with van der Waals surface area (Å²) in [5.74, 6) is 0.941. The van der Waals surface area contributed by atoms with Crippen molar-refractivity contribution < 1.29 is 4.74 Å². The number of imidazole rings is 1. The number of aromatic nitrogens is 2. The molecule has 0 spiro atoms. The van der Waals surface area contributed by atoms with Gasteiger partial charge in [-0.15, -0.1) is 11.3 Å². The topological polar surface area (TPSA) is 41.2 Å². The highest BCUT2D eigenvalue weighted by molar-refractivity contribution is 7.10. The maximum absolute atomic E-state index is 5.88. The van der Waals surface area contributed by atoms with Crippen molar-refractivity contribution in [2.45, 2.75) is 6.10 Å². The second-order valence-electron chi connectivity index (χ2n) is 4.90. The van der Waals surface area contributed by atoms with Gasteiger partial charge in [0.2, 0.25) is 5.95 Å². The van der Waals surface area contributed by atoms with E-state index in [0.717, 1.165) is 36.7 Å². The molecule has 0 amide bonds. The number of fused-ring (bicyclic) bond motifs is 1. The second-order valence-corrected chi connectivity index (χ2v) is 5.88. The van der Waals surface area contributed by atoms with E-state index < -0.39 is 0 Å². The lowest BCUT2D eigenvalue weighted by Crippen LogP contribution is -2.38. The van der Waals surface area contributed by atoms with Gasteiger partial charge in [0, 0.05) is 11.4 Å². The molecule has 5 heteroatoms. The standard InChI is InChI=1S/C15H15N3OS/c1-2-5-12-11(4-1)16-15(17-12)18-7-8-19-13(10-18)14-6-3-9-20-14/h1-6,9,13H,7-8,10H2,(H,16,17). The zero-order chi connectivity index (χ0) is 13.4. The van der Waals surface area contributed by atoms with Crippen LogP contribution in [0.4, 0.5) is 5.95 Å². The molecule has 1 saturated heterocycles. The number of aromatic amines is 1. The summed E-state index contributed by atoms with van der Waals surface area (Å²) in [7, 11) is 0. The van der Waals surface area contributed by atoms with Crippen LogP contribution in [0.25, 0.3) is 11.0 Å². The van der Waals surface area contributed by atoms with Crippen molar-refractivity contribution in [3.8, 4) is 0 Å². The van der Waals surface area contributed by atoms with Gasteiger partial charge in [-0.3, -0.25) is 0 Å². The lowest BCUT2D eigenvalue weighted by Gasteiger charge is -2.32. The van der Waals surface area contributed by atoms with Crippen LogP contribution in [0.2, 0.25) is 0 Å². The molecule has 20 heavy (non-hydrogen) atoms. The first kappa shape index (κ1) is 11.9. The Morgan fingerprint density at radius 3 is 3.05 bits per heavy atom. The molecule has 1 aliphatic heterocycles. The Balaban J connectivity index is 1.61. The van der Waals surface area contributed by atoms with Crippen LogP contribution in [0.15, 0.2) is 41.8 Å². The largest absolute Gasteiger partial charge is 0.369 e. The first-order valence-electron chi connectivity index (χ1n) is 6.75. The number of nitrogens with one attached hydrogen (secondary N) is 1. The molecule has 4 rings (SSSR count). The maximum atomic E-state index is 5.88. The molecule has 4 nitrogen and oxygen atoms in total. The number of thiophene rings is 1. The maximum Gasteiger partial charge on any atom is 0.204 e. The minimum Gasteiger partial charge on any atom is -0.369 e. The number of H-pyrrole nitrogens is 1. The number of hydrogen-bond acceptors (Lipinski definition) is 4. The van der Waals surface area contributed by atoms with E-state index in [2.05, 4.69) is 38.4 Å². The van der Waals surface area contributed by atoms with Gasteiger partial charge in [0.25, 0.3) is 0 Å². The highest BCUT2D eigenvalue weighted by Crippen LogP contribution is 2.28. The van der Waals surface area contributed by atoms with Crippen molar-refractivity contribution in [1.82, 2.24) is 9.97 Å². The summed E-state index contributed by atoms with van der Waals surface area (Å²) in [6.07, 6.45) is 0.150. The number of benzene rings is 1. The Kier molecular flexibility index (Phi) is 2.94. The van der Waals surface area contributed by atoms with Crippen molar-refractivity contribution in [3.05, 3.63) is 46.7 Å². The molecule has 1 atom stereocenters. The molecule has 0 bridgehead atoms. The van der Waals surface area contributed by atoms with Crippen LogP contribution in [0.1, 0.15) is 11.0 Å². The fourth-order valence-electron chi connectivity index (χ4n) is 2.58. The van der Waals surface area contributed by atoms with E-state index in [1.165, 1.54) is 4.88 Å². The molecule has 3 aromatic rings. The van der Waals surface area contributed by atoms with E-state index in [0.29, 0.717) is 0 Å². The minimum absolute atomic E-state index is 0.150. The third kappa shape index (κ3) is 2.09. The Morgan fingerprint density at radius 2 is 2.20 bits per heavy atom. The van der Waals surface area contributed by atoms with Gasteiger partial charge in [-0.25, -0.2) is 4.98 Å². The number of morpholine rings is 1. The molecule has 1 unspecified atom stereocenters. The van der Waals surface area contributed by atoms with Crippen LogP contribution < -0.4 is 4.90 Å². The van der Waals surface area contributed by atoms with Crippen molar-refractivity contribution in [2.24, 2.45) is 0 Å². The van der Waals surface area contributed by atoms with Gasteiger partial charge in [-0.1, -0.05) is 18.2 Å². The molecule has 3 heterocycles. The van der Waals surface area contributed by atoms with Gasteiger partial charge < -0.3 is 14.6 Å². The third-order valence-electron chi connectivity index (χ3n) is 3.60. The van der Waals surface area contributed by atoms with Crippen molar-refractivity contribution >= 4 is 28.3 Å². The van der Waals surface area contributed by atoms with E-state index in [1.54, 1.807) is 11.3 Å². The number of nitrogens with zero attached hydrogens (tertiary/aromatic N) is 2. The summed E-state index contributed by atoms with van der Waals surface area (Å²) in [4.78, 5) is 11.6. The van der Waals surface area contributed by atoms with Crippen molar-refractivity contribution in [1.29, 1.82) is 0 Å². The monoisotopic (exact) mass is 285 g/mol. The number of rotatable bonds is 2. The van der Waals surface area contributed by atoms with Crippen LogP contribution in [0.3, 0.4) is 0 Å². The SMILES string of the molecule is c1csc(C2CN(c3nc4ccccc4[nH]3)CCO2)c1. The molecular weight excluding hydrogens is 270 g/mol. The normalized spacial score (nSPS) is 19.6. The summed E-state index contributed by atoms with van der Waals surface area (Å²) in [6, 6.07) is 12.3. The summed E-state index contributed by atoms with van der Waals surface area (Å²) < 4.78 is 5.88. The predicted octanol–water partition coefficient (Wildman–Crippen LogP) is 3.20. The quantitative estimate of drug-likeness (QED) is 0.786. The Bertz CT molecular complexity index is 674. The lowest BCUT2D eigenvalue weighted by atomic mass is 10.2. The molecule has 1 aliphatic rings. The van der Waals surface area contributed by atoms with E-state index in [-0.39, 0.29) is 6.10 Å². The van der Waals surface area contributed by atoms with Crippen LogP contribution >= 0.6 is 11.3 Å². The Morgan fingerprint density at radius 1 is 1.25 bits per heavy atom. The summed E-state index contributed by atoms with van der Waals surface area (Å²) in [6.45, 7) is 2.46. The molecule has 2 aromatic heterocycles. The molecule has 102 valence electrons. The first-order chi connectivity index (χ1) is 9.90. The molecule has 1 aromatic carbocycles. The number of para-hydroxylation sites is 2. The fraction of sp³-hybridized carbons (Fsp3) is 0.267. The molecular formula is C15H15N3OS.